The number of hydrogen-bond acceptors (Lipinski definition) is 3. The molecule has 3 nitrogen and oxygen atoms in total. The molecule has 0 aromatic carbocycles. The van der Waals surface area contributed by atoms with Crippen molar-refractivity contribution in [1.29, 1.82) is 0 Å². The van der Waals surface area contributed by atoms with Gasteiger partial charge in [-0.05, 0) is 30.7 Å². The lowest BCUT2D eigenvalue weighted by Crippen LogP contribution is -2.02. The second-order valence-corrected chi connectivity index (χ2v) is 3.35. The van der Waals surface area contributed by atoms with Gasteiger partial charge in [0.25, 0.3) is 5.95 Å². The summed E-state index contributed by atoms with van der Waals surface area (Å²) in [4.78, 5) is 7.66. The van der Waals surface area contributed by atoms with Gasteiger partial charge < -0.3 is 4.74 Å². The van der Waals surface area contributed by atoms with Gasteiger partial charge in [-0.15, -0.1) is 0 Å². The van der Waals surface area contributed by atoms with Crippen LogP contribution < -0.4 is 4.74 Å². The number of aryl methyl sites for hydroxylation is 1. The molecule has 0 fully saturated rings. The summed E-state index contributed by atoms with van der Waals surface area (Å²) < 4.78 is 18.4. The molecule has 0 aliphatic heterocycles. The Morgan fingerprint density at radius 3 is 2.69 bits per heavy atom. The summed E-state index contributed by atoms with van der Waals surface area (Å²) in [6, 6.07) is 6.96. The van der Waals surface area contributed by atoms with Crippen molar-refractivity contribution in [3.05, 3.63) is 53.9 Å². The molecule has 0 unspecified atom stereocenters. The Balaban J connectivity index is 2.09. The SMILES string of the molecule is Cc1cccnc1COc1cccnc1F. The van der Waals surface area contributed by atoms with E-state index in [1.807, 2.05) is 19.1 Å². The Morgan fingerprint density at radius 2 is 1.94 bits per heavy atom. The van der Waals surface area contributed by atoms with Crippen molar-refractivity contribution in [3.63, 3.8) is 0 Å². The molecule has 0 spiro atoms. The van der Waals surface area contributed by atoms with Crippen LogP contribution in [0.4, 0.5) is 4.39 Å². The van der Waals surface area contributed by atoms with Crippen molar-refractivity contribution in [2.75, 3.05) is 0 Å². The number of aromatic nitrogens is 2. The summed E-state index contributed by atoms with van der Waals surface area (Å²) in [5.41, 5.74) is 1.82. The predicted octanol–water partition coefficient (Wildman–Crippen LogP) is 2.50. The number of rotatable bonds is 3. The van der Waals surface area contributed by atoms with Gasteiger partial charge in [0, 0.05) is 12.4 Å². The molecule has 0 amide bonds. The first-order chi connectivity index (χ1) is 7.77. The Hall–Kier alpha value is -1.97. The van der Waals surface area contributed by atoms with Crippen LogP contribution in [0.15, 0.2) is 36.7 Å². The van der Waals surface area contributed by atoms with Crippen molar-refractivity contribution in [3.8, 4) is 5.75 Å². The molecular formula is C12H11FN2O. The summed E-state index contributed by atoms with van der Waals surface area (Å²) in [5, 5.41) is 0. The lowest BCUT2D eigenvalue weighted by molar-refractivity contribution is 0.281. The molecule has 0 atom stereocenters. The molecule has 2 heterocycles. The van der Waals surface area contributed by atoms with Gasteiger partial charge >= 0.3 is 0 Å². The van der Waals surface area contributed by atoms with Crippen molar-refractivity contribution in [1.82, 2.24) is 9.97 Å². The average Bonchev–Trinajstić information content (AvgIpc) is 2.30. The fraction of sp³-hybridized carbons (Fsp3) is 0.167. The van der Waals surface area contributed by atoms with Crippen LogP contribution in [0.1, 0.15) is 11.3 Å². The second kappa shape index (κ2) is 4.70. The van der Waals surface area contributed by atoms with E-state index in [0.29, 0.717) is 0 Å². The molecule has 4 heteroatoms. The number of nitrogens with zero attached hydrogens (tertiary/aromatic N) is 2. The van der Waals surface area contributed by atoms with Crippen LogP contribution in [0.25, 0.3) is 0 Å². The van der Waals surface area contributed by atoms with Crippen LogP contribution in [0.2, 0.25) is 0 Å². The highest BCUT2D eigenvalue weighted by molar-refractivity contribution is 5.20. The van der Waals surface area contributed by atoms with E-state index < -0.39 is 5.95 Å². The quantitative estimate of drug-likeness (QED) is 0.742. The Morgan fingerprint density at radius 1 is 1.19 bits per heavy atom. The fourth-order valence-electron chi connectivity index (χ4n) is 1.29. The van der Waals surface area contributed by atoms with Gasteiger partial charge in [-0.1, -0.05) is 6.07 Å². The third-order valence-electron chi connectivity index (χ3n) is 2.21. The van der Waals surface area contributed by atoms with E-state index in [2.05, 4.69) is 9.97 Å². The summed E-state index contributed by atoms with van der Waals surface area (Å²) in [6.45, 7) is 2.18. The fourth-order valence-corrected chi connectivity index (χ4v) is 1.29. The highest BCUT2D eigenvalue weighted by atomic mass is 19.1. The van der Waals surface area contributed by atoms with Gasteiger partial charge in [-0.3, -0.25) is 4.98 Å². The van der Waals surface area contributed by atoms with Crippen LogP contribution in [-0.4, -0.2) is 9.97 Å². The highest BCUT2D eigenvalue weighted by Crippen LogP contribution is 2.15. The van der Waals surface area contributed by atoms with Crippen molar-refractivity contribution >= 4 is 0 Å². The highest BCUT2D eigenvalue weighted by Gasteiger charge is 2.05. The number of halogens is 1. The van der Waals surface area contributed by atoms with Crippen LogP contribution in [0.3, 0.4) is 0 Å². The van der Waals surface area contributed by atoms with E-state index in [4.69, 9.17) is 4.74 Å². The van der Waals surface area contributed by atoms with Crippen molar-refractivity contribution in [2.24, 2.45) is 0 Å². The third kappa shape index (κ3) is 2.34. The molecule has 2 aromatic rings. The van der Waals surface area contributed by atoms with Gasteiger partial charge in [0.1, 0.15) is 6.61 Å². The maximum Gasteiger partial charge on any atom is 0.255 e. The minimum Gasteiger partial charge on any atom is -0.482 e. The number of ether oxygens (including phenoxy) is 1. The molecule has 2 aromatic heterocycles. The predicted molar refractivity (Wildman–Crippen MR) is 57.5 cm³/mol. The zero-order chi connectivity index (χ0) is 11.4. The van der Waals surface area contributed by atoms with Gasteiger partial charge in [-0.2, -0.15) is 4.39 Å². The molecule has 0 aliphatic carbocycles. The minimum atomic E-state index is -0.601. The van der Waals surface area contributed by atoms with Gasteiger partial charge in [0.05, 0.1) is 5.69 Å². The largest absolute Gasteiger partial charge is 0.482 e. The number of hydrogen-bond donors (Lipinski definition) is 0. The molecule has 0 saturated carbocycles. The van der Waals surface area contributed by atoms with E-state index in [9.17, 15) is 4.39 Å². The molecule has 0 saturated heterocycles. The van der Waals surface area contributed by atoms with Gasteiger partial charge in [0.15, 0.2) is 5.75 Å². The lowest BCUT2D eigenvalue weighted by atomic mass is 10.2. The Kier molecular flexibility index (Phi) is 3.10. The number of pyridine rings is 2. The zero-order valence-electron chi connectivity index (χ0n) is 8.85. The van der Waals surface area contributed by atoms with Crippen LogP contribution in [0.5, 0.6) is 5.75 Å². The van der Waals surface area contributed by atoms with Gasteiger partial charge in [-0.25, -0.2) is 4.98 Å². The maximum atomic E-state index is 13.1. The van der Waals surface area contributed by atoms with E-state index in [0.717, 1.165) is 11.3 Å². The van der Waals surface area contributed by atoms with Crippen LogP contribution >= 0.6 is 0 Å². The molecule has 82 valence electrons. The first-order valence-electron chi connectivity index (χ1n) is 4.91. The van der Waals surface area contributed by atoms with E-state index in [1.54, 1.807) is 18.3 Å². The summed E-state index contributed by atoms with van der Waals surface area (Å²) in [5.74, 6) is -0.455. The Bertz CT molecular complexity index is 442. The van der Waals surface area contributed by atoms with Crippen molar-refractivity contribution < 1.29 is 9.13 Å². The third-order valence-corrected chi connectivity index (χ3v) is 2.21. The molecule has 0 radical (unpaired) electrons. The first-order valence-corrected chi connectivity index (χ1v) is 4.91. The second-order valence-electron chi connectivity index (χ2n) is 3.35. The summed E-state index contributed by atoms with van der Waals surface area (Å²) in [6.07, 6.45) is 3.07. The Labute approximate surface area is 92.9 Å². The minimum absolute atomic E-state index is 0.146. The molecule has 16 heavy (non-hydrogen) atoms. The molecule has 0 bridgehead atoms. The molecule has 0 N–H and O–H groups in total. The maximum absolute atomic E-state index is 13.1. The van der Waals surface area contributed by atoms with Crippen LogP contribution in [-0.2, 0) is 6.61 Å². The normalized spacial score (nSPS) is 10.1. The lowest BCUT2D eigenvalue weighted by Gasteiger charge is -2.07. The monoisotopic (exact) mass is 218 g/mol. The molecule has 2 rings (SSSR count). The average molecular weight is 218 g/mol. The van der Waals surface area contributed by atoms with E-state index >= 15 is 0 Å². The first kappa shape index (κ1) is 10.5. The van der Waals surface area contributed by atoms with Gasteiger partial charge in [0.2, 0.25) is 0 Å². The topological polar surface area (TPSA) is 35.0 Å². The zero-order valence-corrected chi connectivity index (χ0v) is 8.85. The van der Waals surface area contributed by atoms with E-state index in [-0.39, 0.29) is 12.4 Å². The standard InChI is InChI=1S/C12H11FN2O/c1-9-4-2-6-14-10(9)8-16-11-5-3-7-15-12(11)13/h2-7H,8H2,1H3. The van der Waals surface area contributed by atoms with E-state index in [1.165, 1.54) is 6.20 Å². The summed E-state index contributed by atoms with van der Waals surface area (Å²) >= 11 is 0. The molecule has 0 aliphatic rings. The summed E-state index contributed by atoms with van der Waals surface area (Å²) in [7, 11) is 0. The smallest absolute Gasteiger partial charge is 0.255 e. The van der Waals surface area contributed by atoms with Crippen LogP contribution in [0, 0.1) is 12.9 Å². The van der Waals surface area contributed by atoms with Crippen molar-refractivity contribution in [2.45, 2.75) is 13.5 Å². The molecular weight excluding hydrogens is 207 g/mol.